The van der Waals surface area contributed by atoms with E-state index in [0.29, 0.717) is 12.2 Å². The van der Waals surface area contributed by atoms with Crippen LogP contribution in [0.1, 0.15) is 35.2 Å². The van der Waals surface area contributed by atoms with Crippen LogP contribution in [0.5, 0.6) is 5.75 Å². The molecule has 2 aromatic rings. The smallest absolute Gasteiger partial charge is 0.150 e. The van der Waals surface area contributed by atoms with Crippen LogP contribution in [0.15, 0.2) is 46.9 Å². The molecule has 0 amide bonds. The van der Waals surface area contributed by atoms with Crippen LogP contribution in [-0.2, 0) is 6.42 Å². The maximum absolute atomic E-state index is 10.7. The Morgan fingerprint density at radius 3 is 2.68 bits per heavy atom. The van der Waals surface area contributed by atoms with Crippen molar-refractivity contribution >= 4 is 33.8 Å². The lowest BCUT2D eigenvalue weighted by Crippen LogP contribution is -1.99. The Labute approximate surface area is 144 Å². The summed E-state index contributed by atoms with van der Waals surface area (Å²) >= 11 is 9.38. The average molecular weight is 382 g/mol. The minimum absolute atomic E-state index is 0.640. The van der Waals surface area contributed by atoms with E-state index in [1.807, 2.05) is 24.3 Å². The van der Waals surface area contributed by atoms with Gasteiger partial charge in [0.15, 0.2) is 0 Å². The van der Waals surface area contributed by atoms with Crippen LogP contribution in [-0.4, -0.2) is 12.9 Å². The first-order valence-electron chi connectivity index (χ1n) is 7.31. The maximum Gasteiger partial charge on any atom is 0.150 e. The zero-order chi connectivity index (χ0) is 15.8. The summed E-state index contributed by atoms with van der Waals surface area (Å²) in [5.41, 5.74) is 1.92. The molecule has 0 spiro atoms. The van der Waals surface area contributed by atoms with Crippen LogP contribution < -0.4 is 4.74 Å². The summed E-state index contributed by atoms with van der Waals surface area (Å²) in [5.74, 6) is 0.778. The number of benzene rings is 2. The third kappa shape index (κ3) is 5.47. The third-order valence-corrected chi connectivity index (χ3v) is 4.20. The van der Waals surface area contributed by atoms with Crippen molar-refractivity contribution in [2.45, 2.75) is 25.7 Å². The average Bonchev–Trinajstić information content (AvgIpc) is 2.52. The second-order valence-electron chi connectivity index (χ2n) is 5.10. The van der Waals surface area contributed by atoms with Gasteiger partial charge in [-0.15, -0.1) is 0 Å². The lowest BCUT2D eigenvalue weighted by Gasteiger charge is -2.08. The molecule has 0 atom stereocenters. The Bertz CT molecular complexity index is 628. The van der Waals surface area contributed by atoms with Crippen LogP contribution in [0, 0.1) is 0 Å². The van der Waals surface area contributed by atoms with Gasteiger partial charge < -0.3 is 4.74 Å². The molecule has 0 aliphatic rings. The Morgan fingerprint density at radius 1 is 1.09 bits per heavy atom. The summed E-state index contributed by atoms with van der Waals surface area (Å²) in [4.78, 5) is 10.7. The van der Waals surface area contributed by atoms with Gasteiger partial charge in [0.05, 0.1) is 11.1 Å². The number of hydrogen-bond acceptors (Lipinski definition) is 2. The molecule has 0 fully saturated rings. The number of aldehydes is 1. The second kappa shape index (κ2) is 8.96. The van der Waals surface area contributed by atoms with Gasteiger partial charge in [0.2, 0.25) is 0 Å². The minimum Gasteiger partial charge on any atom is -0.492 e. The molecule has 0 aliphatic carbocycles. The summed E-state index contributed by atoms with van der Waals surface area (Å²) in [7, 11) is 0. The summed E-state index contributed by atoms with van der Waals surface area (Å²) in [6.45, 7) is 0.675. The third-order valence-electron chi connectivity index (χ3n) is 3.35. The molecule has 2 rings (SSSR count). The molecular formula is C18H18BrClO2. The van der Waals surface area contributed by atoms with E-state index in [-0.39, 0.29) is 0 Å². The topological polar surface area (TPSA) is 26.3 Å². The van der Waals surface area contributed by atoms with Gasteiger partial charge in [0, 0.05) is 10.6 Å². The van der Waals surface area contributed by atoms with Crippen molar-refractivity contribution in [3.8, 4) is 5.75 Å². The van der Waals surface area contributed by atoms with Gasteiger partial charge in [0.1, 0.15) is 12.0 Å². The second-order valence-corrected chi connectivity index (χ2v) is 6.39. The van der Waals surface area contributed by atoms with Crippen molar-refractivity contribution in [2.75, 3.05) is 6.61 Å². The van der Waals surface area contributed by atoms with E-state index in [0.717, 1.165) is 47.2 Å². The monoisotopic (exact) mass is 380 g/mol. The van der Waals surface area contributed by atoms with Crippen molar-refractivity contribution < 1.29 is 9.53 Å². The SMILES string of the molecule is O=Cc1ccc(OCCCCCc2cccc(Cl)c2)c(Br)c1. The molecular weight excluding hydrogens is 364 g/mol. The Kier molecular flexibility index (Phi) is 6.94. The predicted molar refractivity (Wildman–Crippen MR) is 94.0 cm³/mol. The number of ether oxygens (including phenoxy) is 1. The highest BCUT2D eigenvalue weighted by Crippen LogP contribution is 2.25. The number of carbonyl (C=O) groups excluding carboxylic acids is 1. The Balaban J connectivity index is 1.66. The van der Waals surface area contributed by atoms with Crippen molar-refractivity contribution in [3.05, 3.63) is 63.1 Å². The van der Waals surface area contributed by atoms with Crippen LogP contribution in [0.2, 0.25) is 5.02 Å². The Morgan fingerprint density at radius 2 is 1.95 bits per heavy atom. The van der Waals surface area contributed by atoms with E-state index in [9.17, 15) is 4.79 Å². The molecule has 22 heavy (non-hydrogen) atoms. The molecule has 0 N–H and O–H groups in total. The van der Waals surface area contributed by atoms with Gasteiger partial charge >= 0.3 is 0 Å². The van der Waals surface area contributed by atoms with Gasteiger partial charge in [-0.05, 0) is 77.5 Å². The van der Waals surface area contributed by atoms with E-state index in [2.05, 4.69) is 22.0 Å². The summed E-state index contributed by atoms with van der Waals surface area (Å²) < 4.78 is 6.54. The first kappa shape index (κ1) is 17.0. The fourth-order valence-electron chi connectivity index (χ4n) is 2.19. The molecule has 2 aromatic carbocycles. The molecule has 0 aromatic heterocycles. The highest BCUT2D eigenvalue weighted by atomic mass is 79.9. The highest BCUT2D eigenvalue weighted by molar-refractivity contribution is 9.10. The molecule has 0 radical (unpaired) electrons. The zero-order valence-electron chi connectivity index (χ0n) is 12.2. The van der Waals surface area contributed by atoms with Crippen molar-refractivity contribution in [2.24, 2.45) is 0 Å². The minimum atomic E-state index is 0.640. The van der Waals surface area contributed by atoms with Crippen LogP contribution in [0.4, 0.5) is 0 Å². The van der Waals surface area contributed by atoms with Gasteiger partial charge in [-0.3, -0.25) is 4.79 Å². The van der Waals surface area contributed by atoms with E-state index in [1.54, 1.807) is 12.1 Å². The number of carbonyl (C=O) groups is 1. The molecule has 116 valence electrons. The van der Waals surface area contributed by atoms with E-state index >= 15 is 0 Å². The van der Waals surface area contributed by atoms with Crippen molar-refractivity contribution in [1.82, 2.24) is 0 Å². The fourth-order valence-corrected chi connectivity index (χ4v) is 2.91. The number of rotatable bonds is 8. The summed E-state index contributed by atoms with van der Waals surface area (Å²) in [5, 5.41) is 0.796. The van der Waals surface area contributed by atoms with Crippen LogP contribution in [0.3, 0.4) is 0 Å². The Hall–Kier alpha value is -1.32. The molecule has 0 heterocycles. The normalized spacial score (nSPS) is 10.5. The lowest BCUT2D eigenvalue weighted by atomic mass is 10.1. The summed E-state index contributed by atoms with van der Waals surface area (Å²) in [6, 6.07) is 13.3. The first-order chi connectivity index (χ1) is 10.7. The number of unbranched alkanes of at least 4 members (excludes halogenated alkanes) is 2. The van der Waals surface area contributed by atoms with Gasteiger partial charge in [-0.25, -0.2) is 0 Å². The standard InChI is InChI=1S/C18H18BrClO2/c19-17-12-15(13-21)8-9-18(17)22-10-3-1-2-5-14-6-4-7-16(20)11-14/h4,6-9,11-13H,1-3,5,10H2. The first-order valence-corrected chi connectivity index (χ1v) is 8.48. The van der Waals surface area contributed by atoms with Crippen molar-refractivity contribution in [3.63, 3.8) is 0 Å². The molecule has 0 saturated heterocycles. The number of aryl methyl sites for hydroxylation is 1. The van der Waals surface area contributed by atoms with E-state index < -0.39 is 0 Å². The molecule has 0 saturated carbocycles. The predicted octanol–water partition coefficient (Wildman–Crippen LogP) is 5.71. The molecule has 4 heteroatoms. The molecule has 2 nitrogen and oxygen atoms in total. The van der Waals surface area contributed by atoms with Crippen molar-refractivity contribution in [1.29, 1.82) is 0 Å². The van der Waals surface area contributed by atoms with Gasteiger partial charge in [-0.2, -0.15) is 0 Å². The van der Waals surface area contributed by atoms with E-state index in [1.165, 1.54) is 5.56 Å². The van der Waals surface area contributed by atoms with Crippen LogP contribution in [0.25, 0.3) is 0 Å². The summed E-state index contributed by atoms with van der Waals surface area (Å²) in [6.07, 6.45) is 5.09. The largest absolute Gasteiger partial charge is 0.492 e. The number of hydrogen-bond donors (Lipinski definition) is 0. The molecule has 0 bridgehead atoms. The van der Waals surface area contributed by atoms with Gasteiger partial charge in [0.25, 0.3) is 0 Å². The number of halogens is 2. The molecule has 0 unspecified atom stereocenters. The molecule has 0 aliphatic heterocycles. The van der Waals surface area contributed by atoms with E-state index in [4.69, 9.17) is 16.3 Å². The zero-order valence-corrected chi connectivity index (χ0v) is 14.6. The quantitative estimate of drug-likeness (QED) is 0.432. The lowest BCUT2D eigenvalue weighted by molar-refractivity contribution is 0.112. The highest BCUT2D eigenvalue weighted by Gasteiger charge is 2.02. The van der Waals surface area contributed by atoms with Crippen LogP contribution >= 0.6 is 27.5 Å². The maximum atomic E-state index is 10.7. The fraction of sp³-hybridized carbons (Fsp3) is 0.278. The van der Waals surface area contributed by atoms with Gasteiger partial charge in [-0.1, -0.05) is 23.7 Å².